The lowest BCUT2D eigenvalue weighted by Crippen LogP contribution is -2.44. The van der Waals surface area contributed by atoms with Crippen LogP contribution in [0, 0.1) is 0 Å². The lowest BCUT2D eigenvalue weighted by molar-refractivity contribution is -0.138. The summed E-state index contributed by atoms with van der Waals surface area (Å²) in [6.07, 6.45) is 3.06. The monoisotopic (exact) mass is 393 g/mol. The highest BCUT2D eigenvalue weighted by atomic mass is 19.3. The van der Waals surface area contributed by atoms with E-state index in [2.05, 4.69) is 23.2 Å². The van der Waals surface area contributed by atoms with E-state index in [0.29, 0.717) is 5.56 Å². The Kier molecular flexibility index (Phi) is 6.50. The SMILES string of the molecule is C=CCN(CC=C)C(=O)CN1C(=O)NC(C)(c2ccc(OC(F)F)cc2)C1=O. The number of nitrogens with zero attached hydrogens (tertiary/aromatic N) is 2. The molecular formula is C19H21F2N3O4. The molecule has 0 bridgehead atoms. The van der Waals surface area contributed by atoms with Gasteiger partial charge in [-0.05, 0) is 24.6 Å². The second kappa shape index (κ2) is 8.64. The van der Waals surface area contributed by atoms with Gasteiger partial charge < -0.3 is 15.0 Å². The summed E-state index contributed by atoms with van der Waals surface area (Å²) >= 11 is 0. The van der Waals surface area contributed by atoms with Crippen LogP contribution in [-0.4, -0.2) is 53.9 Å². The Bertz CT molecular complexity index is 772. The van der Waals surface area contributed by atoms with Crippen molar-refractivity contribution in [3.05, 3.63) is 55.1 Å². The standard InChI is InChI=1S/C19H21F2N3O4/c1-4-10-23(11-5-2)15(25)12-24-16(26)19(3,22-18(24)27)13-6-8-14(9-7-13)28-17(20)21/h4-9,17H,1-2,10-12H2,3H3,(H,22,27). The summed E-state index contributed by atoms with van der Waals surface area (Å²) in [6, 6.07) is 4.64. The summed E-state index contributed by atoms with van der Waals surface area (Å²) < 4.78 is 28.8. The lowest BCUT2D eigenvalue weighted by Gasteiger charge is -2.24. The van der Waals surface area contributed by atoms with E-state index in [1.165, 1.54) is 48.2 Å². The third-order valence-corrected chi connectivity index (χ3v) is 4.28. The van der Waals surface area contributed by atoms with E-state index >= 15 is 0 Å². The van der Waals surface area contributed by atoms with Crippen LogP contribution in [-0.2, 0) is 15.1 Å². The summed E-state index contributed by atoms with van der Waals surface area (Å²) in [7, 11) is 0. The van der Waals surface area contributed by atoms with Crippen molar-refractivity contribution < 1.29 is 27.9 Å². The quantitative estimate of drug-likeness (QED) is 0.516. The fraction of sp³-hybridized carbons (Fsp3) is 0.316. The summed E-state index contributed by atoms with van der Waals surface area (Å²) in [5, 5.41) is 2.55. The summed E-state index contributed by atoms with van der Waals surface area (Å²) in [6.45, 7) is 5.71. The molecule has 150 valence electrons. The molecule has 1 atom stereocenters. The van der Waals surface area contributed by atoms with Gasteiger partial charge in [0, 0.05) is 13.1 Å². The van der Waals surface area contributed by atoms with Crippen LogP contribution in [0.2, 0.25) is 0 Å². The van der Waals surface area contributed by atoms with E-state index in [9.17, 15) is 23.2 Å². The number of carbonyl (C=O) groups excluding carboxylic acids is 3. The summed E-state index contributed by atoms with van der Waals surface area (Å²) in [5.41, 5.74) is -1.06. The number of rotatable bonds is 9. The second-order valence-corrected chi connectivity index (χ2v) is 6.23. The number of urea groups is 1. The molecule has 1 unspecified atom stereocenters. The normalized spacial score (nSPS) is 18.8. The van der Waals surface area contributed by atoms with Gasteiger partial charge in [0.25, 0.3) is 5.91 Å². The van der Waals surface area contributed by atoms with E-state index in [0.717, 1.165) is 4.90 Å². The fourth-order valence-corrected chi connectivity index (χ4v) is 2.83. The van der Waals surface area contributed by atoms with Crippen molar-refractivity contribution in [1.82, 2.24) is 15.1 Å². The Morgan fingerprint density at radius 2 is 1.82 bits per heavy atom. The van der Waals surface area contributed by atoms with Crippen LogP contribution in [0.3, 0.4) is 0 Å². The van der Waals surface area contributed by atoms with Crippen molar-refractivity contribution in [2.75, 3.05) is 19.6 Å². The molecule has 1 heterocycles. The largest absolute Gasteiger partial charge is 0.435 e. The molecule has 7 nitrogen and oxygen atoms in total. The Hall–Kier alpha value is -3.23. The molecule has 0 radical (unpaired) electrons. The van der Waals surface area contributed by atoms with Crippen LogP contribution in [0.25, 0.3) is 0 Å². The molecule has 0 aliphatic carbocycles. The number of ether oxygens (including phenoxy) is 1. The first-order valence-corrected chi connectivity index (χ1v) is 8.42. The molecule has 1 aliphatic rings. The molecule has 0 saturated carbocycles. The molecule has 28 heavy (non-hydrogen) atoms. The van der Waals surface area contributed by atoms with Crippen LogP contribution < -0.4 is 10.1 Å². The number of carbonyl (C=O) groups is 3. The lowest BCUT2D eigenvalue weighted by atomic mass is 9.92. The molecule has 1 saturated heterocycles. The molecule has 1 N–H and O–H groups in total. The van der Waals surface area contributed by atoms with E-state index in [1.54, 1.807) is 0 Å². The Labute approximate surface area is 161 Å². The molecular weight excluding hydrogens is 372 g/mol. The van der Waals surface area contributed by atoms with Gasteiger partial charge in [0.15, 0.2) is 0 Å². The molecule has 1 aromatic rings. The van der Waals surface area contributed by atoms with Gasteiger partial charge >= 0.3 is 12.6 Å². The van der Waals surface area contributed by atoms with E-state index in [-0.39, 0.29) is 18.8 Å². The summed E-state index contributed by atoms with van der Waals surface area (Å²) in [5.74, 6) is -1.13. The van der Waals surface area contributed by atoms with Gasteiger partial charge in [-0.3, -0.25) is 14.5 Å². The van der Waals surface area contributed by atoms with Gasteiger partial charge in [-0.2, -0.15) is 8.78 Å². The molecule has 1 aromatic carbocycles. The van der Waals surface area contributed by atoms with Crippen molar-refractivity contribution in [3.63, 3.8) is 0 Å². The van der Waals surface area contributed by atoms with Crippen LogP contribution in [0.4, 0.5) is 13.6 Å². The minimum atomic E-state index is -2.97. The molecule has 0 aromatic heterocycles. The predicted molar refractivity (Wildman–Crippen MR) is 97.6 cm³/mol. The fourth-order valence-electron chi connectivity index (χ4n) is 2.83. The number of halogens is 2. The van der Waals surface area contributed by atoms with Crippen LogP contribution in [0.1, 0.15) is 12.5 Å². The molecule has 9 heteroatoms. The number of hydrogen-bond acceptors (Lipinski definition) is 4. The first-order valence-electron chi connectivity index (χ1n) is 8.42. The third-order valence-electron chi connectivity index (χ3n) is 4.28. The summed E-state index contributed by atoms with van der Waals surface area (Å²) in [4.78, 5) is 39.8. The number of nitrogens with one attached hydrogen (secondary N) is 1. The van der Waals surface area contributed by atoms with E-state index in [1.807, 2.05) is 0 Å². The van der Waals surface area contributed by atoms with Crippen molar-refractivity contribution >= 4 is 17.8 Å². The zero-order chi connectivity index (χ0) is 20.9. The number of amides is 4. The minimum absolute atomic E-state index is 0.0735. The van der Waals surface area contributed by atoms with Crippen molar-refractivity contribution in [2.45, 2.75) is 19.1 Å². The van der Waals surface area contributed by atoms with Crippen LogP contribution >= 0.6 is 0 Å². The first-order chi connectivity index (χ1) is 13.2. The topological polar surface area (TPSA) is 79.0 Å². The Balaban J connectivity index is 2.18. The highest BCUT2D eigenvalue weighted by Crippen LogP contribution is 2.30. The highest BCUT2D eigenvalue weighted by Gasteiger charge is 2.49. The van der Waals surface area contributed by atoms with Crippen molar-refractivity contribution in [3.8, 4) is 5.75 Å². The van der Waals surface area contributed by atoms with Gasteiger partial charge in [0.2, 0.25) is 5.91 Å². The number of benzene rings is 1. The zero-order valence-electron chi connectivity index (χ0n) is 15.4. The molecule has 0 spiro atoms. The maximum absolute atomic E-state index is 12.9. The molecule has 1 fully saturated rings. The van der Waals surface area contributed by atoms with Gasteiger partial charge in [0.1, 0.15) is 17.8 Å². The maximum Gasteiger partial charge on any atom is 0.387 e. The van der Waals surface area contributed by atoms with Crippen LogP contribution in [0.5, 0.6) is 5.75 Å². The third kappa shape index (κ3) is 4.36. The molecule has 4 amide bonds. The average Bonchev–Trinajstić information content (AvgIpc) is 2.85. The van der Waals surface area contributed by atoms with E-state index in [4.69, 9.17) is 0 Å². The maximum atomic E-state index is 12.9. The second-order valence-electron chi connectivity index (χ2n) is 6.23. The average molecular weight is 393 g/mol. The minimum Gasteiger partial charge on any atom is -0.435 e. The van der Waals surface area contributed by atoms with Gasteiger partial charge in [-0.1, -0.05) is 24.3 Å². The predicted octanol–water partition coefficient (Wildman–Crippen LogP) is 2.26. The Morgan fingerprint density at radius 1 is 1.25 bits per heavy atom. The van der Waals surface area contributed by atoms with Crippen molar-refractivity contribution in [2.24, 2.45) is 0 Å². The number of hydrogen-bond donors (Lipinski definition) is 1. The van der Waals surface area contributed by atoms with Crippen molar-refractivity contribution in [1.29, 1.82) is 0 Å². The highest BCUT2D eigenvalue weighted by molar-refractivity contribution is 6.09. The van der Waals surface area contributed by atoms with E-state index < -0.39 is 36.5 Å². The molecule has 2 rings (SSSR count). The van der Waals surface area contributed by atoms with Gasteiger partial charge in [-0.15, -0.1) is 13.2 Å². The zero-order valence-corrected chi connectivity index (χ0v) is 15.4. The molecule has 1 aliphatic heterocycles. The van der Waals surface area contributed by atoms with Gasteiger partial charge in [-0.25, -0.2) is 4.79 Å². The van der Waals surface area contributed by atoms with Crippen LogP contribution in [0.15, 0.2) is 49.6 Å². The first kappa shape index (κ1) is 21.1. The number of alkyl halides is 2. The smallest absolute Gasteiger partial charge is 0.387 e. The Morgan fingerprint density at radius 3 is 2.32 bits per heavy atom. The number of imide groups is 1. The van der Waals surface area contributed by atoms with Gasteiger partial charge in [0.05, 0.1) is 0 Å².